The molecule has 9 heteroatoms. The van der Waals surface area contributed by atoms with E-state index in [0.717, 1.165) is 16.8 Å². The average molecular weight is 453 g/mol. The molecule has 0 unspecified atom stereocenters. The third-order valence-electron chi connectivity index (χ3n) is 4.81. The maximum absolute atomic E-state index is 13.3. The molecule has 0 atom stereocenters. The van der Waals surface area contributed by atoms with E-state index in [2.05, 4.69) is 10.1 Å². The zero-order valence-corrected chi connectivity index (χ0v) is 17.4. The van der Waals surface area contributed by atoms with Crippen molar-refractivity contribution in [1.29, 1.82) is 0 Å². The average Bonchev–Trinajstić information content (AvgIpc) is 2.80. The molecule has 6 nitrogen and oxygen atoms in total. The van der Waals surface area contributed by atoms with Gasteiger partial charge in [0.2, 0.25) is 0 Å². The molecule has 0 saturated carbocycles. The molecule has 0 aliphatic carbocycles. The molecule has 168 valence electrons. The van der Waals surface area contributed by atoms with Gasteiger partial charge in [-0.05, 0) is 55.0 Å². The Balaban J connectivity index is 1.89. The van der Waals surface area contributed by atoms with Gasteiger partial charge in [-0.3, -0.25) is 4.79 Å². The first-order valence-electron chi connectivity index (χ1n) is 9.97. The lowest BCUT2D eigenvalue weighted by atomic mass is 10.1. The summed E-state index contributed by atoms with van der Waals surface area (Å²) in [5.74, 6) is 0.150. The summed E-state index contributed by atoms with van der Waals surface area (Å²) >= 11 is 0. The summed E-state index contributed by atoms with van der Waals surface area (Å²) in [6.07, 6.45) is -3.21. The molecule has 4 rings (SSSR count). The van der Waals surface area contributed by atoms with Crippen LogP contribution in [-0.4, -0.2) is 27.6 Å². The maximum atomic E-state index is 13.3. The molecule has 4 aromatic rings. The minimum absolute atomic E-state index is 0.0372. The number of phenolic OH excluding ortho intramolecular Hbond substituents is 1. The van der Waals surface area contributed by atoms with Gasteiger partial charge in [-0.1, -0.05) is 24.3 Å². The van der Waals surface area contributed by atoms with Gasteiger partial charge >= 0.3 is 6.18 Å². The number of rotatable bonds is 5. The van der Waals surface area contributed by atoms with Crippen molar-refractivity contribution in [2.75, 3.05) is 6.61 Å². The number of ether oxygens (including phenoxy) is 1. The number of alkyl halides is 3. The first-order chi connectivity index (χ1) is 15.8. The van der Waals surface area contributed by atoms with Crippen LogP contribution < -0.4 is 10.3 Å². The highest BCUT2D eigenvalue weighted by molar-refractivity contribution is 5.82. The number of phenols is 1. The van der Waals surface area contributed by atoms with Gasteiger partial charge in [0.15, 0.2) is 17.3 Å². The molecule has 0 aliphatic rings. The van der Waals surface area contributed by atoms with Crippen LogP contribution >= 0.6 is 0 Å². The van der Waals surface area contributed by atoms with Gasteiger partial charge in [0, 0.05) is 5.56 Å². The molecule has 1 aromatic heterocycles. The monoisotopic (exact) mass is 453 g/mol. The fourth-order valence-corrected chi connectivity index (χ4v) is 3.26. The van der Waals surface area contributed by atoms with Gasteiger partial charge in [-0.2, -0.15) is 22.9 Å². The largest absolute Gasteiger partial charge is 0.504 e. The third-order valence-corrected chi connectivity index (χ3v) is 4.81. The van der Waals surface area contributed by atoms with Crippen molar-refractivity contribution in [2.45, 2.75) is 13.1 Å². The van der Waals surface area contributed by atoms with E-state index in [1.54, 1.807) is 37.3 Å². The highest BCUT2D eigenvalue weighted by Crippen LogP contribution is 2.32. The Hall–Kier alpha value is -4.14. The molecule has 1 heterocycles. The van der Waals surface area contributed by atoms with Crippen LogP contribution in [0.5, 0.6) is 11.5 Å². The van der Waals surface area contributed by atoms with E-state index in [4.69, 9.17) is 4.74 Å². The molecule has 0 spiro atoms. The SMILES string of the molecule is CCOc1cc(C=Nn2c(-c3cccc(C(F)(F)F)c3)nc3ccccc3c2=O)ccc1O. The molecule has 0 amide bonds. The summed E-state index contributed by atoms with van der Waals surface area (Å²) < 4.78 is 46.1. The quantitative estimate of drug-likeness (QED) is 0.428. The molecule has 0 radical (unpaired) electrons. The number of para-hydroxylation sites is 1. The third kappa shape index (κ3) is 4.57. The second-order valence-electron chi connectivity index (χ2n) is 7.05. The van der Waals surface area contributed by atoms with Crippen molar-refractivity contribution < 1.29 is 23.0 Å². The second-order valence-corrected chi connectivity index (χ2v) is 7.05. The minimum Gasteiger partial charge on any atom is -0.504 e. The Morgan fingerprint density at radius 2 is 1.88 bits per heavy atom. The highest BCUT2D eigenvalue weighted by atomic mass is 19.4. The van der Waals surface area contributed by atoms with E-state index < -0.39 is 17.3 Å². The fraction of sp³-hybridized carbons (Fsp3) is 0.125. The topological polar surface area (TPSA) is 76.7 Å². The van der Waals surface area contributed by atoms with Crippen LogP contribution in [0.25, 0.3) is 22.3 Å². The van der Waals surface area contributed by atoms with Crippen LogP contribution in [0.1, 0.15) is 18.1 Å². The van der Waals surface area contributed by atoms with E-state index in [-0.39, 0.29) is 28.3 Å². The summed E-state index contributed by atoms with van der Waals surface area (Å²) in [6, 6.07) is 15.6. The number of benzene rings is 3. The first-order valence-corrected chi connectivity index (χ1v) is 9.97. The number of aromatic nitrogens is 2. The Labute approximate surface area is 186 Å². The van der Waals surface area contributed by atoms with Crippen molar-refractivity contribution in [3.63, 3.8) is 0 Å². The lowest BCUT2D eigenvalue weighted by Crippen LogP contribution is -2.20. The Morgan fingerprint density at radius 3 is 2.64 bits per heavy atom. The van der Waals surface area contributed by atoms with Crippen molar-refractivity contribution >= 4 is 17.1 Å². The van der Waals surface area contributed by atoms with Gasteiger partial charge in [0.05, 0.1) is 29.3 Å². The molecule has 0 bridgehead atoms. The van der Waals surface area contributed by atoms with Crippen LogP contribution in [0, 0.1) is 0 Å². The van der Waals surface area contributed by atoms with Crippen LogP contribution in [0.15, 0.2) is 76.6 Å². The van der Waals surface area contributed by atoms with E-state index >= 15 is 0 Å². The summed E-state index contributed by atoms with van der Waals surface area (Å²) in [7, 11) is 0. The zero-order valence-electron chi connectivity index (χ0n) is 17.4. The van der Waals surface area contributed by atoms with Gasteiger partial charge in [-0.25, -0.2) is 4.98 Å². The minimum atomic E-state index is -4.55. The molecular weight excluding hydrogens is 435 g/mol. The van der Waals surface area contributed by atoms with Crippen LogP contribution in [-0.2, 0) is 6.18 Å². The van der Waals surface area contributed by atoms with E-state index in [1.807, 2.05) is 0 Å². The molecule has 33 heavy (non-hydrogen) atoms. The van der Waals surface area contributed by atoms with Crippen LogP contribution in [0.4, 0.5) is 13.2 Å². The van der Waals surface area contributed by atoms with Crippen LogP contribution in [0.3, 0.4) is 0 Å². The normalized spacial score (nSPS) is 11.9. The number of hydrogen-bond donors (Lipinski definition) is 1. The number of nitrogens with zero attached hydrogens (tertiary/aromatic N) is 3. The fourth-order valence-electron chi connectivity index (χ4n) is 3.26. The van der Waals surface area contributed by atoms with Gasteiger partial charge in [0.1, 0.15) is 0 Å². The Bertz CT molecular complexity index is 1410. The Morgan fingerprint density at radius 1 is 1.09 bits per heavy atom. The second kappa shape index (κ2) is 8.78. The summed E-state index contributed by atoms with van der Waals surface area (Å²) in [5.41, 5.74) is -0.465. The molecule has 0 saturated heterocycles. The lowest BCUT2D eigenvalue weighted by Gasteiger charge is -2.12. The van der Waals surface area contributed by atoms with Crippen LogP contribution in [0.2, 0.25) is 0 Å². The van der Waals surface area contributed by atoms with E-state index in [9.17, 15) is 23.1 Å². The first kappa shape index (κ1) is 22.1. The smallest absolute Gasteiger partial charge is 0.416 e. The molecule has 0 aliphatic heterocycles. The van der Waals surface area contributed by atoms with Crippen molar-refractivity contribution in [1.82, 2.24) is 9.66 Å². The zero-order chi connectivity index (χ0) is 23.6. The highest BCUT2D eigenvalue weighted by Gasteiger charge is 2.30. The van der Waals surface area contributed by atoms with E-state index in [0.29, 0.717) is 17.7 Å². The summed E-state index contributed by atoms with van der Waals surface area (Å²) in [6.45, 7) is 2.10. The summed E-state index contributed by atoms with van der Waals surface area (Å²) in [5, 5.41) is 14.4. The predicted octanol–water partition coefficient (Wildman–Crippen LogP) is 5.07. The molecule has 0 fully saturated rings. The molecule has 3 aromatic carbocycles. The lowest BCUT2D eigenvalue weighted by molar-refractivity contribution is -0.137. The number of fused-ring (bicyclic) bond motifs is 1. The van der Waals surface area contributed by atoms with Gasteiger partial charge in [-0.15, -0.1) is 0 Å². The van der Waals surface area contributed by atoms with E-state index in [1.165, 1.54) is 30.5 Å². The Kier molecular flexibility index (Phi) is 5.87. The van der Waals surface area contributed by atoms with Gasteiger partial charge < -0.3 is 9.84 Å². The predicted molar refractivity (Wildman–Crippen MR) is 119 cm³/mol. The number of hydrogen-bond acceptors (Lipinski definition) is 5. The molecular formula is C24H18F3N3O3. The number of halogens is 3. The maximum Gasteiger partial charge on any atom is 0.416 e. The van der Waals surface area contributed by atoms with Crippen molar-refractivity contribution in [3.05, 3.63) is 88.2 Å². The molecule has 1 N–H and O–H groups in total. The van der Waals surface area contributed by atoms with Crippen molar-refractivity contribution in [3.8, 4) is 22.9 Å². The standard InChI is InChI=1S/C24H18F3N3O3/c1-2-33-21-12-15(10-11-20(21)31)14-28-30-22(16-6-5-7-17(13-16)24(25,26)27)29-19-9-4-3-8-18(19)23(30)32/h3-14,31H,2H2,1H3. The summed E-state index contributed by atoms with van der Waals surface area (Å²) in [4.78, 5) is 17.6. The van der Waals surface area contributed by atoms with Crippen molar-refractivity contribution in [2.24, 2.45) is 5.10 Å². The van der Waals surface area contributed by atoms with Gasteiger partial charge in [0.25, 0.3) is 5.56 Å². The number of aromatic hydroxyl groups is 1.